The summed E-state index contributed by atoms with van der Waals surface area (Å²) in [6, 6.07) is 3.47. The van der Waals surface area contributed by atoms with Crippen LogP contribution in [-0.4, -0.2) is 21.5 Å². The number of amides is 1. The van der Waals surface area contributed by atoms with Crippen LogP contribution in [-0.2, 0) is 4.79 Å². The summed E-state index contributed by atoms with van der Waals surface area (Å²) in [6.45, 7) is 0. The number of carbonyl (C=O) groups is 1. The molecule has 0 atom stereocenters. The highest BCUT2D eigenvalue weighted by molar-refractivity contribution is 5.93. The van der Waals surface area contributed by atoms with Crippen molar-refractivity contribution < 1.29 is 14.8 Å². The molecule has 0 unspecified atom stereocenters. The molecule has 1 fully saturated rings. The van der Waals surface area contributed by atoms with Gasteiger partial charge in [0.25, 0.3) is 5.69 Å². The number of hydrogen-bond acceptors (Lipinski definition) is 5. The fraction of sp³-hybridized carbons (Fsp3) is 0.417. The summed E-state index contributed by atoms with van der Waals surface area (Å²) in [5.74, 6) is -0.559. The van der Waals surface area contributed by atoms with E-state index >= 15 is 0 Å². The van der Waals surface area contributed by atoms with Crippen LogP contribution in [0.15, 0.2) is 18.2 Å². The van der Waals surface area contributed by atoms with Crippen molar-refractivity contribution in [2.45, 2.75) is 31.2 Å². The first-order chi connectivity index (χ1) is 8.89. The van der Waals surface area contributed by atoms with E-state index in [-0.39, 0.29) is 29.5 Å². The average molecular weight is 265 g/mol. The highest BCUT2D eigenvalue weighted by atomic mass is 16.6. The number of phenolic OH excluding ortho intramolecular Hbond substituents is 1. The summed E-state index contributed by atoms with van der Waals surface area (Å²) >= 11 is 0. The normalized spacial score (nSPS) is 16.5. The third kappa shape index (κ3) is 3.00. The Hall–Kier alpha value is -2.15. The maximum absolute atomic E-state index is 11.8. The van der Waals surface area contributed by atoms with Gasteiger partial charge in [-0.3, -0.25) is 14.9 Å². The molecule has 0 saturated heterocycles. The van der Waals surface area contributed by atoms with Gasteiger partial charge in [0.05, 0.1) is 10.6 Å². The number of benzene rings is 1. The van der Waals surface area contributed by atoms with Crippen molar-refractivity contribution in [1.82, 2.24) is 0 Å². The molecule has 1 amide bonds. The van der Waals surface area contributed by atoms with Crippen molar-refractivity contribution in [3.8, 4) is 5.75 Å². The number of nitrogens with zero attached hydrogens (tertiary/aromatic N) is 1. The molecule has 0 aliphatic heterocycles. The van der Waals surface area contributed by atoms with Crippen LogP contribution >= 0.6 is 0 Å². The molecule has 1 aromatic rings. The first-order valence-electron chi connectivity index (χ1n) is 5.96. The van der Waals surface area contributed by atoms with Crippen LogP contribution in [0.1, 0.15) is 25.7 Å². The number of non-ortho nitro benzene ring substituents is 1. The number of aromatic hydroxyl groups is 1. The predicted molar refractivity (Wildman–Crippen MR) is 68.8 cm³/mol. The Kier molecular flexibility index (Phi) is 3.39. The zero-order valence-electron chi connectivity index (χ0n) is 10.3. The molecule has 102 valence electrons. The number of phenols is 1. The summed E-state index contributed by atoms with van der Waals surface area (Å²) in [4.78, 5) is 21.8. The van der Waals surface area contributed by atoms with Crippen LogP contribution in [0.4, 0.5) is 11.4 Å². The highest BCUT2D eigenvalue weighted by Crippen LogP contribution is 2.33. The van der Waals surface area contributed by atoms with E-state index in [1.807, 2.05) is 0 Å². The van der Waals surface area contributed by atoms with E-state index in [2.05, 4.69) is 5.32 Å². The number of nitrogens with two attached hydrogens (primary N) is 1. The first kappa shape index (κ1) is 13.3. The van der Waals surface area contributed by atoms with Crippen molar-refractivity contribution in [1.29, 1.82) is 0 Å². The van der Waals surface area contributed by atoms with Gasteiger partial charge in [-0.05, 0) is 25.3 Å². The van der Waals surface area contributed by atoms with Crippen LogP contribution in [0.5, 0.6) is 5.75 Å². The van der Waals surface area contributed by atoms with Crippen LogP contribution in [0, 0.1) is 10.1 Å². The Morgan fingerprint density at radius 3 is 2.74 bits per heavy atom. The lowest BCUT2D eigenvalue weighted by Crippen LogP contribution is -2.48. The van der Waals surface area contributed by atoms with Gasteiger partial charge < -0.3 is 16.2 Å². The maximum Gasteiger partial charge on any atom is 0.271 e. The Morgan fingerprint density at radius 2 is 2.21 bits per heavy atom. The van der Waals surface area contributed by atoms with E-state index in [1.54, 1.807) is 0 Å². The molecule has 19 heavy (non-hydrogen) atoms. The van der Waals surface area contributed by atoms with E-state index in [4.69, 9.17) is 5.73 Å². The second-order valence-electron chi connectivity index (χ2n) is 4.90. The fourth-order valence-electron chi connectivity index (χ4n) is 2.06. The maximum atomic E-state index is 11.8. The van der Waals surface area contributed by atoms with Crippen molar-refractivity contribution in [3.63, 3.8) is 0 Å². The Morgan fingerprint density at radius 1 is 1.53 bits per heavy atom. The molecule has 1 aliphatic rings. The SMILES string of the molecule is NC1(CC(=O)Nc2cc([N+](=O)[O-])ccc2O)CCC1. The van der Waals surface area contributed by atoms with Gasteiger partial charge in [0, 0.05) is 24.1 Å². The van der Waals surface area contributed by atoms with Crippen molar-refractivity contribution in [2.75, 3.05) is 5.32 Å². The molecule has 4 N–H and O–H groups in total. The number of nitro benzene ring substituents is 1. The summed E-state index contributed by atoms with van der Waals surface area (Å²) < 4.78 is 0. The molecular weight excluding hydrogens is 250 g/mol. The molecule has 0 bridgehead atoms. The number of hydrogen-bond donors (Lipinski definition) is 3. The third-order valence-electron chi connectivity index (χ3n) is 3.33. The predicted octanol–water partition coefficient (Wildman–Crippen LogP) is 1.51. The molecule has 0 radical (unpaired) electrons. The molecule has 1 aromatic carbocycles. The van der Waals surface area contributed by atoms with Gasteiger partial charge in [-0.25, -0.2) is 0 Å². The van der Waals surface area contributed by atoms with E-state index in [1.165, 1.54) is 12.1 Å². The average Bonchev–Trinajstić information content (AvgIpc) is 2.29. The number of anilines is 1. The van der Waals surface area contributed by atoms with Crippen molar-refractivity contribution in [2.24, 2.45) is 5.73 Å². The molecule has 0 spiro atoms. The lowest BCUT2D eigenvalue weighted by molar-refractivity contribution is -0.384. The smallest absolute Gasteiger partial charge is 0.271 e. The van der Waals surface area contributed by atoms with Gasteiger partial charge in [0.2, 0.25) is 5.91 Å². The van der Waals surface area contributed by atoms with E-state index in [0.29, 0.717) is 0 Å². The molecule has 7 nitrogen and oxygen atoms in total. The molecule has 1 aliphatic carbocycles. The molecule has 7 heteroatoms. The summed E-state index contributed by atoms with van der Waals surface area (Å²) in [5, 5.41) is 22.6. The van der Waals surface area contributed by atoms with Crippen molar-refractivity contribution >= 4 is 17.3 Å². The van der Waals surface area contributed by atoms with Crippen LogP contribution in [0.3, 0.4) is 0 Å². The zero-order chi connectivity index (χ0) is 14.0. The number of carbonyl (C=O) groups excluding carboxylic acids is 1. The molecule has 0 aromatic heterocycles. The van der Waals surface area contributed by atoms with Gasteiger partial charge in [0.15, 0.2) is 0 Å². The summed E-state index contributed by atoms with van der Waals surface area (Å²) in [6.07, 6.45) is 2.74. The van der Waals surface area contributed by atoms with Gasteiger partial charge in [-0.1, -0.05) is 0 Å². The van der Waals surface area contributed by atoms with E-state index in [9.17, 15) is 20.0 Å². The van der Waals surface area contributed by atoms with Crippen molar-refractivity contribution in [3.05, 3.63) is 28.3 Å². The second kappa shape index (κ2) is 4.85. The lowest BCUT2D eigenvalue weighted by atomic mass is 9.75. The Bertz CT molecular complexity index is 526. The molecule has 1 saturated carbocycles. The van der Waals surface area contributed by atoms with Gasteiger partial charge in [0.1, 0.15) is 5.75 Å². The highest BCUT2D eigenvalue weighted by Gasteiger charge is 2.34. The quantitative estimate of drug-likeness (QED) is 0.433. The Balaban J connectivity index is 2.07. The topological polar surface area (TPSA) is 118 Å². The van der Waals surface area contributed by atoms with Gasteiger partial charge >= 0.3 is 0 Å². The van der Waals surface area contributed by atoms with Gasteiger partial charge in [-0.2, -0.15) is 0 Å². The molecule has 0 heterocycles. The minimum Gasteiger partial charge on any atom is -0.506 e. The number of rotatable bonds is 4. The fourth-order valence-corrected chi connectivity index (χ4v) is 2.06. The first-order valence-corrected chi connectivity index (χ1v) is 5.96. The summed E-state index contributed by atoms with van der Waals surface area (Å²) in [5.41, 5.74) is 5.30. The lowest BCUT2D eigenvalue weighted by Gasteiger charge is -2.37. The van der Waals surface area contributed by atoms with Gasteiger partial charge in [-0.15, -0.1) is 0 Å². The minimum atomic E-state index is -0.592. The Labute approximate surface area is 109 Å². The largest absolute Gasteiger partial charge is 0.506 e. The number of nitro groups is 1. The van der Waals surface area contributed by atoms with Crippen LogP contribution < -0.4 is 11.1 Å². The van der Waals surface area contributed by atoms with E-state index in [0.717, 1.165) is 25.3 Å². The van der Waals surface area contributed by atoms with Crippen LogP contribution in [0.2, 0.25) is 0 Å². The van der Waals surface area contributed by atoms with Crippen LogP contribution in [0.25, 0.3) is 0 Å². The van der Waals surface area contributed by atoms with E-state index < -0.39 is 10.5 Å². The zero-order valence-corrected chi connectivity index (χ0v) is 10.3. The third-order valence-corrected chi connectivity index (χ3v) is 3.33. The standard InChI is InChI=1S/C12H15N3O4/c13-12(4-1-5-12)7-11(17)14-9-6-8(15(18)19)2-3-10(9)16/h2-3,6,16H,1,4-5,7,13H2,(H,14,17). The monoisotopic (exact) mass is 265 g/mol. The molecule has 2 rings (SSSR count). The second-order valence-corrected chi connectivity index (χ2v) is 4.90. The number of nitrogens with one attached hydrogen (secondary N) is 1. The summed E-state index contributed by atoms with van der Waals surface area (Å²) in [7, 11) is 0. The molecular formula is C12H15N3O4. The minimum absolute atomic E-state index is 0.0297.